The molecule has 0 heterocycles. The van der Waals surface area contributed by atoms with Crippen molar-refractivity contribution in [3.63, 3.8) is 0 Å². The molecule has 0 rings (SSSR count). The maximum absolute atomic E-state index is 12.0. The van der Waals surface area contributed by atoms with Gasteiger partial charge in [0.1, 0.15) is 0 Å². The van der Waals surface area contributed by atoms with Crippen molar-refractivity contribution in [2.24, 2.45) is 11.7 Å². The average Bonchev–Trinajstić information content (AvgIpc) is 2.15. The second kappa shape index (κ2) is 8.39. The average molecular weight is 250 g/mol. The van der Waals surface area contributed by atoms with Crippen molar-refractivity contribution in [3.8, 4) is 0 Å². The summed E-state index contributed by atoms with van der Waals surface area (Å²) in [5, 5.41) is 2.66. The zero-order valence-electron chi connectivity index (χ0n) is 10.9. The Balaban J connectivity index is 3.79. The van der Waals surface area contributed by atoms with Crippen LogP contribution < -0.4 is 11.1 Å². The highest BCUT2D eigenvalue weighted by molar-refractivity contribution is 5.81. The van der Waals surface area contributed by atoms with Crippen LogP contribution in [0, 0.1) is 5.92 Å². The first kappa shape index (κ1) is 16.3. The van der Waals surface area contributed by atoms with E-state index in [9.17, 15) is 13.6 Å². The number of nitrogens with one attached hydrogen (secondary N) is 1. The van der Waals surface area contributed by atoms with Crippen LogP contribution in [0.1, 0.15) is 46.5 Å². The predicted molar refractivity (Wildman–Crippen MR) is 64.9 cm³/mol. The number of carbonyl (C=O) groups excluding carboxylic acids is 1. The lowest BCUT2D eigenvalue weighted by Crippen LogP contribution is -2.45. The first-order valence-electron chi connectivity index (χ1n) is 6.17. The number of carbonyl (C=O) groups is 1. The van der Waals surface area contributed by atoms with Gasteiger partial charge in [-0.15, -0.1) is 0 Å². The van der Waals surface area contributed by atoms with Crippen LogP contribution in [0.15, 0.2) is 0 Å². The van der Waals surface area contributed by atoms with E-state index in [0.717, 1.165) is 19.3 Å². The van der Waals surface area contributed by atoms with Crippen LogP contribution in [-0.2, 0) is 4.79 Å². The lowest BCUT2D eigenvalue weighted by atomic mass is 10.0. The Labute approximate surface area is 102 Å². The standard InChI is InChI=1S/C12H24F2N2O/c1-8(2)5-4-6-9(3)16-12(17)10(15)7-11(13)14/h8-11H,4-7,15H2,1-3H3,(H,16,17). The molecule has 1 amide bonds. The zero-order chi connectivity index (χ0) is 13.4. The maximum Gasteiger partial charge on any atom is 0.240 e. The molecule has 2 atom stereocenters. The molecule has 3 nitrogen and oxygen atoms in total. The molecule has 0 aromatic carbocycles. The van der Waals surface area contributed by atoms with Crippen LogP contribution in [0.4, 0.5) is 8.78 Å². The van der Waals surface area contributed by atoms with Crippen molar-refractivity contribution in [1.82, 2.24) is 5.32 Å². The number of hydrogen-bond donors (Lipinski definition) is 2. The van der Waals surface area contributed by atoms with E-state index in [0.29, 0.717) is 5.92 Å². The fourth-order valence-corrected chi connectivity index (χ4v) is 1.55. The highest BCUT2D eigenvalue weighted by atomic mass is 19.3. The number of halogens is 2. The molecule has 0 bridgehead atoms. The maximum atomic E-state index is 12.0. The number of alkyl halides is 2. The van der Waals surface area contributed by atoms with Crippen LogP contribution in [0.2, 0.25) is 0 Å². The van der Waals surface area contributed by atoms with E-state index in [1.54, 1.807) is 0 Å². The SMILES string of the molecule is CC(C)CCCC(C)NC(=O)C(N)CC(F)F. The molecular formula is C12H24F2N2O. The lowest BCUT2D eigenvalue weighted by molar-refractivity contribution is -0.123. The van der Waals surface area contributed by atoms with Gasteiger partial charge in [0.05, 0.1) is 6.04 Å². The van der Waals surface area contributed by atoms with Crippen molar-refractivity contribution in [2.45, 2.75) is 65.0 Å². The molecule has 0 aliphatic carbocycles. The third-order valence-electron chi connectivity index (χ3n) is 2.58. The summed E-state index contributed by atoms with van der Waals surface area (Å²) < 4.78 is 24.0. The Morgan fingerprint density at radius 3 is 2.29 bits per heavy atom. The molecule has 0 aromatic heterocycles. The minimum absolute atomic E-state index is 0.00928. The zero-order valence-corrected chi connectivity index (χ0v) is 10.9. The Morgan fingerprint density at radius 2 is 1.82 bits per heavy atom. The minimum Gasteiger partial charge on any atom is -0.352 e. The van der Waals surface area contributed by atoms with E-state index in [-0.39, 0.29) is 6.04 Å². The summed E-state index contributed by atoms with van der Waals surface area (Å²) in [4.78, 5) is 11.4. The third-order valence-corrected chi connectivity index (χ3v) is 2.58. The smallest absolute Gasteiger partial charge is 0.240 e. The summed E-state index contributed by atoms with van der Waals surface area (Å²) in [6.45, 7) is 6.15. The summed E-state index contributed by atoms with van der Waals surface area (Å²) >= 11 is 0. The summed E-state index contributed by atoms with van der Waals surface area (Å²) in [6, 6.07) is -1.12. The third kappa shape index (κ3) is 9.03. The molecule has 3 N–H and O–H groups in total. The van der Waals surface area contributed by atoms with Crippen molar-refractivity contribution in [3.05, 3.63) is 0 Å². The van der Waals surface area contributed by atoms with E-state index >= 15 is 0 Å². The number of amides is 1. The van der Waals surface area contributed by atoms with E-state index in [1.165, 1.54) is 0 Å². The van der Waals surface area contributed by atoms with Gasteiger partial charge in [0, 0.05) is 12.5 Å². The molecule has 0 radical (unpaired) electrons. The molecule has 0 aromatic rings. The predicted octanol–water partition coefficient (Wildman–Crippen LogP) is 2.30. The van der Waals surface area contributed by atoms with Crippen molar-refractivity contribution < 1.29 is 13.6 Å². The fourth-order valence-electron chi connectivity index (χ4n) is 1.55. The Hall–Kier alpha value is -0.710. The van der Waals surface area contributed by atoms with Gasteiger partial charge in [-0.05, 0) is 19.3 Å². The summed E-state index contributed by atoms with van der Waals surface area (Å²) in [5.41, 5.74) is 5.35. The first-order valence-corrected chi connectivity index (χ1v) is 6.17. The van der Waals surface area contributed by atoms with Crippen molar-refractivity contribution in [2.75, 3.05) is 0 Å². The van der Waals surface area contributed by atoms with Gasteiger partial charge >= 0.3 is 0 Å². The Kier molecular flexibility index (Phi) is 8.04. The lowest BCUT2D eigenvalue weighted by Gasteiger charge is -2.17. The van der Waals surface area contributed by atoms with Crippen LogP contribution in [0.3, 0.4) is 0 Å². The number of rotatable bonds is 8. The fraction of sp³-hybridized carbons (Fsp3) is 0.917. The molecular weight excluding hydrogens is 226 g/mol. The van der Waals surface area contributed by atoms with Crippen LogP contribution in [0.25, 0.3) is 0 Å². The van der Waals surface area contributed by atoms with Gasteiger partial charge in [-0.1, -0.05) is 26.7 Å². The monoisotopic (exact) mass is 250 g/mol. The number of nitrogens with two attached hydrogens (primary N) is 1. The minimum atomic E-state index is -2.54. The van der Waals surface area contributed by atoms with Gasteiger partial charge in [0.25, 0.3) is 0 Å². The van der Waals surface area contributed by atoms with Crippen LogP contribution in [0.5, 0.6) is 0 Å². The highest BCUT2D eigenvalue weighted by Gasteiger charge is 2.19. The van der Waals surface area contributed by atoms with Gasteiger partial charge in [-0.25, -0.2) is 8.78 Å². The second-order valence-corrected chi connectivity index (χ2v) is 4.97. The molecule has 102 valence electrons. The Morgan fingerprint density at radius 1 is 1.24 bits per heavy atom. The number of hydrogen-bond acceptors (Lipinski definition) is 2. The molecule has 0 spiro atoms. The van der Waals surface area contributed by atoms with Gasteiger partial charge in [0.2, 0.25) is 12.3 Å². The molecule has 0 saturated heterocycles. The van der Waals surface area contributed by atoms with Crippen LogP contribution in [-0.4, -0.2) is 24.4 Å². The van der Waals surface area contributed by atoms with Gasteiger partial charge in [-0.2, -0.15) is 0 Å². The summed E-state index contributed by atoms with van der Waals surface area (Å²) in [7, 11) is 0. The molecule has 0 saturated carbocycles. The molecule has 0 fully saturated rings. The Bertz CT molecular complexity index is 223. The van der Waals surface area contributed by atoms with Gasteiger partial charge < -0.3 is 11.1 Å². The van der Waals surface area contributed by atoms with Crippen molar-refractivity contribution >= 4 is 5.91 Å². The quantitative estimate of drug-likeness (QED) is 0.694. The second-order valence-electron chi connectivity index (χ2n) is 4.97. The summed E-state index contributed by atoms with van der Waals surface area (Å²) in [5.74, 6) is 0.154. The van der Waals surface area contributed by atoms with E-state index in [4.69, 9.17) is 5.73 Å². The topological polar surface area (TPSA) is 55.1 Å². The van der Waals surface area contributed by atoms with E-state index < -0.39 is 24.8 Å². The highest BCUT2D eigenvalue weighted by Crippen LogP contribution is 2.08. The molecule has 17 heavy (non-hydrogen) atoms. The van der Waals surface area contributed by atoms with E-state index in [1.807, 2.05) is 6.92 Å². The molecule has 2 unspecified atom stereocenters. The van der Waals surface area contributed by atoms with Gasteiger partial charge in [-0.3, -0.25) is 4.79 Å². The summed E-state index contributed by atoms with van der Waals surface area (Å²) in [6.07, 6.45) is -0.144. The van der Waals surface area contributed by atoms with Gasteiger partial charge in [0.15, 0.2) is 0 Å². The first-order chi connectivity index (χ1) is 7.82. The normalized spacial score (nSPS) is 15.1. The van der Waals surface area contributed by atoms with Crippen LogP contribution >= 0.6 is 0 Å². The van der Waals surface area contributed by atoms with Crippen molar-refractivity contribution in [1.29, 1.82) is 0 Å². The largest absolute Gasteiger partial charge is 0.352 e. The molecule has 0 aliphatic rings. The molecule has 5 heteroatoms. The molecule has 0 aliphatic heterocycles. The van der Waals surface area contributed by atoms with E-state index in [2.05, 4.69) is 19.2 Å².